The highest BCUT2D eigenvalue weighted by molar-refractivity contribution is 6.31. The van der Waals surface area contributed by atoms with Gasteiger partial charge in [-0.05, 0) is 36.7 Å². The number of pyridine rings is 1. The lowest BCUT2D eigenvalue weighted by atomic mass is 10.1. The average Bonchev–Trinajstić information content (AvgIpc) is 2.85. The van der Waals surface area contributed by atoms with Gasteiger partial charge in [-0.15, -0.1) is 0 Å². The molecule has 0 spiro atoms. The number of hydrogen-bond acceptors (Lipinski definition) is 2. The molecule has 0 aliphatic heterocycles. The number of nitrogens with one attached hydrogen (secondary N) is 2. The van der Waals surface area contributed by atoms with Crippen molar-refractivity contribution in [3.8, 4) is 0 Å². The summed E-state index contributed by atoms with van der Waals surface area (Å²) in [5.74, 6) is 0. The van der Waals surface area contributed by atoms with Crippen molar-refractivity contribution in [1.29, 1.82) is 0 Å². The Kier molecular flexibility index (Phi) is 4.18. The van der Waals surface area contributed by atoms with Crippen molar-refractivity contribution in [2.75, 3.05) is 6.54 Å². The Labute approximate surface area is 106 Å². The Morgan fingerprint density at radius 3 is 3.00 bits per heavy atom. The standard InChI is InChI=1S/C13H16ClN3/c1-2-6-17-13(12-4-3-7-16-12)10-5-8-15-9-11(10)14/h3-5,7-9,13,16-17H,2,6H2,1H3. The lowest BCUT2D eigenvalue weighted by Crippen LogP contribution is -2.23. The monoisotopic (exact) mass is 249 g/mol. The highest BCUT2D eigenvalue weighted by Crippen LogP contribution is 2.26. The van der Waals surface area contributed by atoms with E-state index in [9.17, 15) is 0 Å². The third kappa shape index (κ3) is 2.87. The van der Waals surface area contributed by atoms with Crippen LogP contribution < -0.4 is 5.32 Å². The van der Waals surface area contributed by atoms with Gasteiger partial charge in [0.05, 0.1) is 11.1 Å². The van der Waals surface area contributed by atoms with Crippen molar-refractivity contribution in [2.45, 2.75) is 19.4 Å². The molecular formula is C13H16ClN3. The molecule has 0 amide bonds. The normalized spacial score (nSPS) is 12.6. The highest BCUT2D eigenvalue weighted by Gasteiger charge is 2.16. The van der Waals surface area contributed by atoms with Crippen molar-refractivity contribution < 1.29 is 0 Å². The first-order chi connectivity index (χ1) is 8.33. The summed E-state index contributed by atoms with van der Waals surface area (Å²) >= 11 is 6.20. The van der Waals surface area contributed by atoms with Crippen LogP contribution in [0.2, 0.25) is 5.02 Å². The molecule has 0 saturated carbocycles. The fourth-order valence-corrected chi connectivity index (χ4v) is 2.05. The molecule has 1 unspecified atom stereocenters. The van der Waals surface area contributed by atoms with E-state index in [2.05, 4.69) is 28.3 Å². The zero-order chi connectivity index (χ0) is 12.1. The summed E-state index contributed by atoms with van der Waals surface area (Å²) < 4.78 is 0. The Morgan fingerprint density at radius 1 is 1.47 bits per heavy atom. The van der Waals surface area contributed by atoms with Crippen molar-refractivity contribution in [1.82, 2.24) is 15.3 Å². The number of rotatable bonds is 5. The fraction of sp³-hybridized carbons (Fsp3) is 0.308. The molecule has 0 bridgehead atoms. The maximum Gasteiger partial charge on any atom is 0.0744 e. The summed E-state index contributed by atoms with van der Waals surface area (Å²) in [4.78, 5) is 7.25. The Morgan fingerprint density at radius 2 is 2.35 bits per heavy atom. The third-order valence-electron chi connectivity index (χ3n) is 2.65. The van der Waals surface area contributed by atoms with Crippen LogP contribution in [0.5, 0.6) is 0 Å². The first kappa shape index (κ1) is 12.1. The maximum atomic E-state index is 6.20. The second-order valence-corrected chi connectivity index (χ2v) is 4.32. The number of aromatic amines is 1. The molecule has 1 atom stereocenters. The lowest BCUT2D eigenvalue weighted by molar-refractivity contribution is 0.588. The number of halogens is 1. The molecule has 0 aliphatic rings. The zero-order valence-corrected chi connectivity index (χ0v) is 10.5. The largest absolute Gasteiger partial charge is 0.363 e. The number of aromatic nitrogens is 2. The van der Waals surface area contributed by atoms with Gasteiger partial charge in [0, 0.05) is 24.3 Å². The van der Waals surface area contributed by atoms with E-state index >= 15 is 0 Å². The summed E-state index contributed by atoms with van der Waals surface area (Å²) in [6.45, 7) is 3.09. The van der Waals surface area contributed by atoms with Crippen molar-refractivity contribution >= 4 is 11.6 Å². The van der Waals surface area contributed by atoms with Crippen LogP contribution in [0, 0.1) is 0 Å². The predicted molar refractivity (Wildman–Crippen MR) is 70.2 cm³/mol. The van der Waals surface area contributed by atoms with E-state index in [1.807, 2.05) is 18.3 Å². The van der Waals surface area contributed by atoms with Crippen LogP contribution in [0.4, 0.5) is 0 Å². The van der Waals surface area contributed by atoms with Gasteiger partial charge in [-0.1, -0.05) is 18.5 Å². The molecule has 0 fully saturated rings. The summed E-state index contributed by atoms with van der Waals surface area (Å²) in [5, 5.41) is 4.18. The van der Waals surface area contributed by atoms with Gasteiger partial charge in [0.15, 0.2) is 0 Å². The van der Waals surface area contributed by atoms with Crippen LogP contribution in [0.1, 0.15) is 30.6 Å². The second kappa shape index (κ2) is 5.84. The van der Waals surface area contributed by atoms with E-state index in [4.69, 9.17) is 11.6 Å². The molecule has 0 aliphatic carbocycles. The molecule has 2 heterocycles. The van der Waals surface area contributed by atoms with E-state index in [0.717, 1.165) is 24.2 Å². The zero-order valence-electron chi connectivity index (χ0n) is 9.78. The van der Waals surface area contributed by atoms with Gasteiger partial charge in [-0.3, -0.25) is 4.98 Å². The predicted octanol–water partition coefficient (Wildman–Crippen LogP) is 3.15. The molecule has 4 heteroatoms. The van der Waals surface area contributed by atoms with Gasteiger partial charge in [0.1, 0.15) is 0 Å². The quantitative estimate of drug-likeness (QED) is 0.855. The smallest absolute Gasteiger partial charge is 0.0744 e. The number of nitrogens with zero attached hydrogens (tertiary/aromatic N) is 1. The van der Waals surface area contributed by atoms with Crippen LogP contribution in [0.3, 0.4) is 0 Å². The first-order valence-corrected chi connectivity index (χ1v) is 6.16. The molecule has 0 aromatic carbocycles. The van der Waals surface area contributed by atoms with Gasteiger partial charge >= 0.3 is 0 Å². The third-order valence-corrected chi connectivity index (χ3v) is 2.96. The van der Waals surface area contributed by atoms with Crippen LogP contribution in [0.15, 0.2) is 36.8 Å². The summed E-state index contributed by atoms with van der Waals surface area (Å²) in [6, 6.07) is 6.10. The van der Waals surface area contributed by atoms with Crippen LogP contribution in [0.25, 0.3) is 0 Å². The molecule has 0 saturated heterocycles. The number of H-pyrrole nitrogens is 1. The topological polar surface area (TPSA) is 40.7 Å². The summed E-state index contributed by atoms with van der Waals surface area (Å²) in [7, 11) is 0. The molecule has 3 nitrogen and oxygen atoms in total. The van der Waals surface area contributed by atoms with Gasteiger partial charge in [0.2, 0.25) is 0 Å². The minimum absolute atomic E-state index is 0.0976. The molecule has 90 valence electrons. The van der Waals surface area contributed by atoms with Gasteiger partial charge in [0.25, 0.3) is 0 Å². The van der Waals surface area contributed by atoms with Crippen molar-refractivity contribution in [3.63, 3.8) is 0 Å². The fourth-order valence-electron chi connectivity index (χ4n) is 1.82. The Hall–Kier alpha value is -1.32. The first-order valence-electron chi connectivity index (χ1n) is 5.79. The van der Waals surface area contributed by atoms with Gasteiger partial charge < -0.3 is 10.3 Å². The van der Waals surface area contributed by atoms with Crippen LogP contribution in [-0.4, -0.2) is 16.5 Å². The highest BCUT2D eigenvalue weighted by atomic mass is 35.5. The van der Waals surface area contributed by atoms with Gasteiger partial charge in [-0.2, -0.15) is 0 Å². The minimum Gasteiger partial charge on any atom is -0.363 e. The molecule has 0 radical (unpaired) electrons. The Bertz CT molecular complexity index is 453. The molecular weight excluding hydrogens is 234 g/mol. The SMILES string of the molecule is CCCNC(c1ccc[nH]1)c1ccncc1Cl. The van der Waals surface area contributed by atoms with Crippen molar-refractivity contribution in [3.05, 3.63) is 53.1 Å². The Balaban J connectivity index is 2.30. The van der Waals surface area contributed by atoms with Crippen LogP contribution in [-0.2, 0) is 0 Å². The summed E-state index contributed by atoms with van der Waals surface area (Å²) in [5.41, 5.74) is 2.17. The van der Waals surface area contributed by atoms with E-state index in [0.29, 0.717) is 5.02 Å². The minimum atomic E-state index is 0.0976. The second-order valence-electron chi connectivity index (χ2n) is 3.91. The molecule has 17 heavy (non-hydrogen) atoms. The molecule has 2 aromatic rings. The van der Waals surface area contributed by atoms with E-state index in [-0.39, 0.29) is 6.04 Å². The summed E-state index contributed by atoms with van der Waals surface area (Å²) in [6.07, 6.45) is 6.45. The molecule has 2 N–H and O–H groups in total. The average molecular weight is 250 g/mol. The van der Waals surface area contributed by atoms with Crippen LogP contribution >= 0.6 is 11.6 Å². The van der Waals surface area contributed by atoms with E-state index in [1.165, 1.54) is 0 Å². The lowest BCUT2D eigenvalue weighted by Gasteiger charge is -2.18. The molecule has 2 aromatic heterocycles. The van der Waals surface area contributed by atoms with Crippen molar-refractivity contribution in [2.24, 2.45) is 0 Å². The number of hydrogen-bond donors (Lipinski definition) is 2. The van der Waals surface area contributed by atoms with E-state index < -0.39 is 0 Å². The van der Waals surface area contributed by atoms with Gasteiger partial charge in [-0.25, -0.2) is 0 Å². The maximum absolute atomic E-state index is 6.20. The van der Waals surface area contributed by atoms with E-state index in [1.54, 1.807) is 12.4 Å². The molecule has 2 rings (SSSR count).